The Balaban J connectivity index is 1.91. The zero-order valence-electron chi connectivity index (χ0n) is 17.0. The highest BCUT2D eigenvalue weighted by atomic mass is 19.3. The van der Waals surface area contributed by atoms with Gasteiger partial charge >= 0.3 is 12.6 Å². The maximum Gasteiger partial charge on any atom is 0.387 e. The van der Waals surface area contributed by atoms with Crippen LogP contribution in [0.4, 0.5) is 14.5 Å². The number of halogens is 2. The molecule has 1 N–H and O–H groups in total. The maximum atomic E-state index is 12.1. The maximum absolute atomic E-state index is 12.1. The average molecular weight is 437 g/mol. The number of alkyl halides is 2. The van der Waals surface area contributed by atoms with Gasteiger partial charge in [0, 0.05) is 23.4 Å². The van der Waals surface area contributed by atoms with Crippen molar-refractivity contribution in [2.45, 2.75) is 6.61 Å². The van der Waals surface area contributed by atoms with E-state index in [9.17, 15) is 18.4 Å². The van der Waals surface area contributed by atoms with Gasteiger partial charge in [-0.25, -0.2) is 4.79 Å². The summed E-state index contributed by atoms with van der Waals surface area (Å²) in [7, 11) is 4.43. The van der Waals surface area contributed by atoms with Gasteiger partial charge in [0.05, 0.1) is 21.3 Å². The molecule has 0 aliphatic rings. The Morgan fingerprint density at radius 2 is 1.58 bits per heavy atom. The van der Waals surface area contributed by atoms with E-state index in [1.165, 1.54) is 51.7 Å². The number of amides is 1. The van der Waals surface area contributed by atoms with Crippen LogP contribution in [0.3, 0.4) is 0 Å². The topological polar surface area (TPSA) is 92.3 Å². The van der Waals surface area contributed by atoms with Crippen molar-refractivity contribution in [2.75, 3.05) is 33.3 Å². The molecule has 31 heavy (non-hydrogen) atoms. The minimum Gasteiger partial charge on any atom is -0.496 e. The number of anilines is 1. The van der Waals surface area contributed by atoms with Gasteiger partial charge in [-0.2, -0.15) is 8.78 Å². The second kappa shape index (κ2) is 11.4. The van der Waals surface area contributed by atoms with E-state index in [1.54, 1.807) is 12.1 Å². The predicted octanol–water partition coefficient (Wildman–Crippen LogP) is 3.51. The van der Waals surface area contributed by atoms with Crippen LogP contribution in [0.1, 0.15) is 5.56 Å². The fourth-order valence-electron chi connectivity index (χ4n) is 2.44. The lowest BCUT2D eigenvalue weighted by Crippen LogP contribution is -2.20. The fraction of sp³-hybridized carbons (Fsp3) is 0.238. The average Bonchev–Trinajstić information content (AvgIpc) is 2.76. The molecule has 0 aliphatic carbocycles. The Morgan fingerprint density at radius 1 is 0.968 bits per heavy atom. The molecule has 0 atom stereocenters. The van der Waals surface area contributed by atoms with Gasteiger partial charge in [0.1, 0.15) is 11.5 Å². The summed E-state index contributed by atoms with van der Waals surface area (Å²) in [4.78, 5) is 23.8. The van der Waals surface area contributed by atoms with Crippen LogP contribution in [0.25, 0.3) is 6.08 Å². The first kappa shape index (κ1) is 23.5. The monoisotopic (exact) mass is 437 g/mol. The Morgan fingerprint density at radius 3 is 2.16 bits per heavy atom. The summed E-state index contributed by atoms with van der Waals surface area (Å²) in [5.41, 5.74) is 0.862. The van der Waals surface area contributed by atoms with Crippen molar-refractivity contribution in [3.8, 4) is 23.0 Å². The largest absolute Gasteiger partial charge is 0.496 e. The Kier molecular flexibility index (Phi) is 8.62. The molecular formula is C21H21F2NO7. The molecule has 2 aromatic rings. The zero-order chi connectivity index (χ0) is 22.8. The molecule has 0 saturated carbocycles. The van der Waals surface area contributed by atoms with Crippen LogP contribution in [0.2, 0.25) is 0 Å². The van der Waals surface area contributed by atoms with Crippen LogP contribution in [0.15, 0.2) is 42.5 Å². The van der Waals surface area contributed by atoms with Crippen LogP contribution in [-0.2, 0) is 14.3 Å². The van der Waals surface area contributed by atoms with E-state index in [4.69, 9.17) is 18.9 Å². The molecule has 166 valence electrons. The number of nitrogens with one attached hydrogen (secondary N) is 1. The predicted molar refractivity (Wildman–Crippen MR) is 108 cm³/mol. The van der Waals surface area contributed by atoms with Crippen molar-refractivity contribution in [3.63, 3.8) is 0 Å². The molecular weight excluding hydrogens is 416 g/mol. The highest BCUT2D eigenvalue weighted by molar-refractivity contribution is 5.94. The number of methoxy groups -OCH3 is 3. The number of hydrogen-bond donors (Lipinski definition) is 1. The summed E-state index contributed by atoms with van der Waals surface area (Å²) in [6.07, 6.45) is 2.58. The Labute approximate surface area is 177 Å². The van der Waals surface area contributed by atoms with E-state index >= 15 is 0 Å². The molecule has 0 bridgehead atoms. The quantitative estimate of drug-likeness (QED) is 0.449. The summed E-state index contributed by atoms with van der Waals surface area (Å²) in [5.74, 6) is -0.0558. The standard InChI is InChI=1S/C21H21F2NO7/c1-27-16-11-18(29-3)17(28-2)10-13(16)4-9-20(26)30-12-19(25)24-14-5-7-15(8-6-14)31-21(22)23/h4-11,21H,12H2,1-3H3,(H,24,25)/b9-4+. The van der Waals surface area contributed by atoms with Gasteiger partial charge in [0.2, 0.25) is 0 Å². The van der Waals surface area contributed by atoms with Crippen LogP contribution in [0, 0.1) is 0 Å². The number of hydrogen-bond acceptors (Lipinski definition) is 7. The van der Waals surface area contributed by atoms with E-state index in [0.29, 0.717) is 28.5 Å². The molecule has 1 amide bonds. The first-order valence-corrected chi connectivity index (χ1v) is 8.85. The second-order valence-electron chi connectivity index (χ2n) is 5.84. The summed E-state index contributed by atoms with van der Waals surface area (Å²) < 4.78 is 49.0. The summed E-state index contributed by atoms with van der Waals surface area (Å²) in [6, 6.07) is 8.52. The van der Waals surface area contributed by atoms with E-state index in [-0.39, 0.29) is 5.75 Å². The van der Waals surface area contributed by atoms with Crippen molar-refractivity contribution in [1.82, 2.24) is 0 Å². The molecule has 0 fully saturated rings. The number of carbonyl (C=O) groups is 2. The normalized spacial score (nSPS) is 10.6. The molecule has 8 nitrogen and oxygen atoms in total. The molecule has 10 heteroatoms. The van der Waals surface area contributed by atoms with Gasteiger partial charge in [-0.1, -0.05) is 0 Å². The molecule has 2 rings (SSSR count). The van der Waals surface area contributed by atoms with Crippen LogP contribution in [0.5, 0.6) is 23.0 Å². The highest BCUT2D eigenvalue weighted by Gasteiger charge is 2.11. The van der Waals surface area contributed by atoms with E-state index in [0.717, 1.165) is 6.08 Å². The third-order valence-corrected chi connectivity index (χ3v) is 3.84. The lowest BCUT2D eigenvalue weighted by atomic mass is 10.1. The molecule has 0 saturated heterocycles. The lowest BCUT2D eigenvalue weighted by molar-refractivity contribution is -0.142. The first-order chi connectivity index (χ1) is 14.9. The fourth-order valence-corrected chi connectivity index (χ4v) is 2.44. The zero-order valence-corrected chi connectivity index (χ0v) is 17.0. The second-order valence-corrected chi connectivity index (χ2v) is 5.84. The van der Waals surface area contributed by atoms with Crippen molar-refractivity contribution in [1.29, 1.82) is 0 Å². The summed E-state index contributed by atoms with van der Waals surface area (Å²) in [5, 5.41) is 2.46. The van der Waals surface area contributed by atoms with Crippen LogP contribution < -0.4 is 24.3 Å². The van der Waals surface area contributed by atoms with Crippen molar-refractivity contribution in [2.24, 2.45) is 0 Å². The minimum absolute atomic E-state index is 0.0462. The number of esters is 1. The number of benzene rings is 2. The molecule has 0 spiro atoms. The van der Waals surface area contributed by atoms with E-state index in [1.807, 2.05) is 0 Å². The molecule has 0 radical (unpaired) electrons. The van der Waals surface area contributed by atoms with Gasteiger partial charge in [0.15, 0.2) is 18.1 Å². The summed E-state index contributed by atoms with van der Waals surface area (Å²) >= 11 is 0. The highest BCUT2D eigenvalue weighted by Crippen LogP contribution is 2.35. The van der Waals surface area contributed by atoms with Gasteiger partial charge in [-0.15, -0.1) is 0 Å². The number of ether oxygens (including phenoxy) is 5. The molecule has 0 heterocycles. The Hall–Kier alpha value is -3.82. The number of carbonyl (C=O) groups excluding carboxylic acids is 2. The van der Waals surface area contributed by atoms with Crippen molar-refractivity contribution in [3.05, 3.63) is 48.0 Å². The number of rotatable bonds is 10. The van der Waals surface area contributed by atoms with E-state index < -0.39 is 25.1 Å². The van der Waals surface area contributed by atoms with Crippen LogP contribution >= 0.6 is 0 Å². The molecule has 0 aromatic heterocycles. The van der Waals surface area contributed by atoms with Crippen LogP contribution in [-0.4, -0.2) is 46.4 Å². The van der Waals surface area contributed by atoms with Gasteiger partial charge in [0.25, 0.3) is 5.91 Å². The molecule has 2 aromatic carbocycles. The van der Waals surface area contributed by atoms with Gasteiger partial charge < -0.3 is 29.0 Å². The van der Waals surface area contributed by atoms with Gasteiger partial charge in [-0.3, -0.25) is 4.79 Å². The third-order valence-electron chi connectivity index (χ3n) is 3.84. The van der Waals surface area contributed by atoms with E-state index in [2.05, 4.69) is 10.1 Å². The Bertz CT molecular complexity index is 930. The molecule has 0 aliphatic heterocycles. The smallest absolute Gasteiger partial charge is 0.387 e. The SMILES string of the molecule is COc1cc(OC)c(OC)cc1/C=C/C(=O)OCC(=O)Nc1ccc(OC(F)F)cc1. The first-order valence-electron chi connectivity index (χ1n) is 8.85. The summed E-state index contributed by atoms with van der Waals surface area (Å²) in [6.45, 7) is -3.48. The van der Waals surface area contributed by atoms with Gasteiger partial charge in [-0.05, 0) is 36.4 Å². The van der Waals surface area contributed by atoms with Crippen molar-refractivity contribution < 1.29 is 42.1 Å². The molecule has 0 unspecified atom stereocenters. The minimum atomic E-state index is -2.94. The third kappa shape index (κ3) is 7.18. The lowest BCUT2D eigenvalue weighted by Gasteiger charge is -2.12. The van der Waals surface area contributed by atoms with Crippen molar-refractivity contribution >= 4 is 23.6 Å².